The summed E-state index contributed by atoms with van der Waals surface area (Å²) in [7, 11) is 1.60. The van der Waals surface area contributed by atoms with Crippen molar-refractivity contribution in [2.45, 2.75) is 34.1 Å². The quantitative estimate of drug-likeness (QED) is 0.404. The first kappa shape index (κ1) is 24.3. The van der Waals surface area contributed by atoms with E-state index in [1.165, 1.54) is 4.90 Å². The fraction of sp³-hybridized carbons (Fsp3) is 0.385. The number of methoxy groups -OCH3 is 1. The summed E-state index contributed by atoms with van der Waals surface area (Å²) in [5.41, 5.74) is 4.15. The number of ether oxygens (including phenoxy) is 3. The van der Waals surface area contributed by atoms with Crippen LogP contribution in [0.25, 0.3) is 5.57 Å². The number of nitrogens with zero attached hydrogens (tertiary/aromatic N) is 1. The molecule has 7 nitrogen and oxygen atoms in total. The zero-order valence-corrected chi connectivity index (χ0v) is 20.0. The third-order valence-corrected chi connectivity index (χ3v) is 5.51. The molecule has 0 saturated carbocycles. The topological polar surface area (TPSA) is 77.1 Å². The Labute approximate surface area is 195 Å². The molecule has 33 heavy (non-hydrogen) atoms. The van der Waals surface area contributed by atoms with E-state index in [1.807, 2.05) is 52.0 Å². The van der Waals surface area contributed by atoms with Crippen molar-refractivity contribution in [1.29, 1.82) is 0 Å². The van der Waals surface area contributed by atoms with Gasteiger partial charge in [0, 0.05) is 32.0 Å². The van der Waals surface area contributed by atoms with Gasteiger partial charge in [-0.3, -0.25) is 14.5 Å². The van der Waals surface area contributed by atoms with Crippen molar-refractivity contribution in [1.82, 2.24) is 4.90 Å². The number of amides is 2. The Morgan fingerprint density at radius 3 is 2.27 bits per heavy atom. The maximum Gasteiger partial charge on any atom is 0.278 e. The number of benzene rings is 2. The Morgan fingerprint density at radius 2 is 1.61 bits per heavy atom. The molecule has 2 aromatic carbocycles. The Morgan fingerprint density at radius 1 is 0.879 bits per heavy atom. The van der Waals surface area contributed by atoms with E-state index in [1.54, 1.807) is 19.2 Å². The smallest absolute Gasteiger partial charge is 0.278 e. The lowest BCUT2D eigenvalue weighted by Gasteiger charge is -2.16. The Balaban J connectivity index is 2.02. The zero-order chi connectivity index (χ0) is 24.0. The van der Waals surface area contributed by atoms with Crippen LogP contribution in [0.5, 0.6) is 11.5 Å². The highest BCUT2D eigenvalue weighted by molar-refractivity contribution is 6.36. The number of hydrogen-bond acceptors (Lipinski definition) is 6. The second-order valence-electron chi connectivity index (χ2n) is 7.81. The second kappa shape index (κ2) is 11.0. The molecule has 0 radical (unpaired) electrons. The average molecular weight is 453 g/mol. The Kier molecular flexibility index (Phi) is 8.11. The van der Waals surface area contributed by atoms with Crippen LogP contribution in [0.4, 0.5) is 5.69 Å². The molecule has 1 heterocycles. The molecule has 7 heteroatoms. The molecule has 1 N–H and O–H groups in total. The van der Waals surface area contributed by atoms with E-state index in [0.717, 1.165) is 11.1 Å². The standard InChI is InChI=1S/C26H32N2O5/c1-6-32-21-12-11-20(16-22(21)33-7-2)27-24-23(19-10-9-17(3)18(4)15-19)25(29)28(26(24)30)13-8-14-31-5/h9-12,15-16,27H,6-8,13-14H2,1-5H3. The lowest BCUT2D eigenvalue weighted by Crippen LogP contribution is -2.33. The molecule has 1 aliphatic heterocycles. The van der Waals surface area contributed by atoms with Crippen LogP contribution in [0.1, 0.15) is 37.0 Å². The molecule has 176 valence electrons. The summed E-state index contributed by atoms with van der Waals surface area (Å²) < 4.78 is 16.4. The first-order valence-electron chi connectivity index (χ1n) is 11.2. The Hall–Kier alpha value is -3.32. The summed E-state index contributed by atoms with van der Waals surface area (Å²) in [6.45, 7) is 9.55. The molecule has 0 bridgehead atoms. The number of anilines is 1. The fourth-order valence-electron chi connectivity index (χ4n) is 3.70. The zero-order valence-electron chi connectivity index (χ0n) is 20.0. The van der Waals surface area contributed by atoms with Gasteiger partial charge in [-0.15, -0.1) is 0 Å². The van der Waals surface area contributed by atoms with Crippen LogP contribution in [0, 0.1) is 13.8 Å². The van der Waals surface area contributed by atoms with Crippen molar-refractivity contribution in [2.75, 3.05) is 38.8 Å². The minimum Gasteiger partial charge on any atom is -0.490 e. The summed E-state index contributed by atoms with van der Waals surface area (Å²) in [6, 6.07) is 11.2. The molecule has 0 unspecified atom stereocenters. The van der Waals surface area contributed by atoms with E-state index in [-0.39, 0.29) is 17.5 Å². The van der Waals surface area contributed by atoms with E-state index in [9.17, 15) is 9.59 Å². The number of imide groups is 1. The molecule has 0 aliphatic carbocycles. The molecule has 0 fully saturated rings. The van der Waals surface area contributed by atoms with E-state index in [2.05, 4.69) is 5.32 Å². The lowest BCUT2D eigenvalue weighted by atomic mass is 9.99. The van der Waals surface area contributed by atoms with Crippen molar-refractivity contribution >= 4 is 23.1 Å². The van der Waals surface area contributed by atoms with Gasteiger partial charge in [-0.2, -0.15) is 0 Å². The van der Waals surface area contributed by atoms with Gasteiger partial charge in [0.2, 0.25) is 0 Å². The average Bonchev–Trinajstić information content (AvgIpc) is 3.02. The van der Waals surface area contributed by atoms with Crippen LogP contribution in [0.15, 0.2) is 42.1 Å². The van der Waals surface area contributed by atoms with Crippen LogP contribution >= 0.6 is 0 Å². The fourth-order valence-corrected chi connectivity index (χ4v) is 3.70. The van der Waals surface area contributed by atoms with Crippen LogP contribution < -0.4 is 14.8 Å². The Bertz CT molecular complexity index is 1060. The van der Waals surface area contributed by atoms with Gasteiger partial charge in [-0.1, -0.05) is 18.2 Å². The predicted molar refractivity (Wildman–Crippen MR) is 128 cm³/mol. The van der Waals surface area contributed by atoms with Gasteiger partial charge in [0.1, 0.15) is 5.70 Å². The van der Waals surface area contributed by atoms with Crippen LogP contribution in [0.2, 0.25) is 0 Å². The predicted octanol–water partition coefficient (Wildman–Crippen LogP) is 4.33. The summed E-state index contributed by atoms with van der Waals surface area (Å²) in [5, 5.41) is 3.19. The molecular formula is C26H32N2O5. The molecule has 0 atom stereocenters. The highest BCUT2D eigenvalue weighted by Gasteiger charge is 2.39. The molecule has 3 rings (SSSR count). The molecule has 2 aromatic rings. The van der Waals surface area contributed by atoms with Gasteiger partial charge in [0.15, 0.2) is 11.5 Å². The number of aryl methyl sites for hydroxylation is 2. The minimum absolute atomic E-state index is 0.257. The maximum atomic E-state index is 13.3. The third-order valence-electron chi connectivity index (χ3n) is 5.51. The SMILES string of the molecule is CCOc1ccc(NC2=C(c3ccc(C)c(C)c3)C(=O)N(CCCOC)C2=O)cc1OCC. The molecule has 0 spiro atoms. The van der Waals surface area contributed by atoms with Crippen molar-refractivity contribution in [3.05, 3.63) is 58.8 Å². The monoisotopic (exact) mass is 452 g/mol. The number of rotatable bonds is 11. The van der Waals surface area contributed by atoms with E-state index >= 15 is 0 Å². The summed E-state index contributed by atoms with van der Waals surface area (Å²) in [5.74, 6) is 0.545. The van der Waals surface area contributed by atoms with Gasteiger partial charge in [0.25, 0.3) is 11.8 Å². The van der Waals surface area contributed by atoms with Crippen molar-refractivity contribution in [3.8, 4) is 11.5 Å². The lowest BCUT2D eigenvalue weighted by molar-refractivity contribution is -0.136. The highest BCUT2D eigenvalue weighted by Crippen LogP contribution is 2.35. The normalized spacial score (nSPS) is 13.7. The van der Waals surface area contributed by atoms with Crippen molar-refractivity contribution < 1.29 is 23.8 Å². The molecule has 0 saturated heterocycles. The van der Waals surface area contributed by atoms with Gasteiger partial charge >= 0.3 is 0 Å². The van der Waals surface area contributed by atoms with E-state index in [0.29, 0.717) is 61.1 Å². The summed E-state index contributed by atoms with van der Waals surface area (Å²) >= 11 is 0. The van der Waals surface area contributed by atoms with Gasteiger partial charge in [0.05, 0.1) is 18.8 Å². The summed E-state index contributed by atoms with van der Waals surface area (Å²) in [4.78, 5) is 27.9. The maximum absolute atomic E-state index is 13.3. The number of carbonyl (C=O) groups excluding carboxylic acids is 2. The molecule has 0 aromatic heterocycles. The largest absolute Gasteiger partial charge is 0.490 e. The number of carbonyl (C=O) groups is 2. The van der Waals surface area contributed by atoms with Gasteiger partial charge in [-0.05, 0) is 62.9 Å². The summed E-state index contributed by atoms with van der Waals surface area (Å²) in [6.07, 6.45) is 0.568. The number of nitrogens with one attached hydrogen (secondary N) is 1. The second-order valence-corrected chi connectivity index (χ2v) is 7.81. The van der Waals surface area contributed by atoms with Crippen LogP contribution in [-0.2, 0) is 14.3 Å². The molecule has 1 aliphatic rings. The van der Waals surface area contributed by atoms with E-state index in [4.69, 9.17) is 14.2 Å². The van der Waals surface area contributed by atoms with Gasteiger partial charge < -0.3 is 19.5 Å². The van der Waals surface area contributed by atoms with Crippen LogP contribution in [-0.4, -0.2) is 50.2 Å². The van der Waals surface area contributed by atoms with Crippen molar-refractivity contribution in [2.24, 2.45) is 0 Å². The highest BCUT2D eigenvalue weighted by atomic mass is 16.5. The molecular weight excluding hydrogens is 420 g/mol. The minimum atomic E-state index is -0.351. The van der Waals surface area contributed by atoms with Gasteiger partial charge in [-0.25, -0.2) is 0 Å². The first-order chi connectivity index (χ1) is 15.9. The first-order valence-corrected chi connectivity index (χ1v) is 11.2. The number of hydrogen-bond donors (Lipinski definition) is 1. The third kappa shape index (κ3) is 5.37. The molecule has 2 amide bonds. The van der Waals surface area contributed by atoms with E-state index < -0.39 is 0 Å². The van der Waals surface area contributed by atoms with Crippen molar-refractivity contribution in [3.63, 3.8) is 0 Å². The van der Waals surface area contributed by atoms with Crippen LogP contribution in [0.3, 0.4) is 0 Å².